The first-order valence-electron chi connectivity index (χ1n) is 4.45. The largest absolute Gasteiger partial charge is 0.480 e. The Morgan fingerprint density at radius 2 is 2.25 bits per heavy atom. The van der Waals surface area contributed by atoms with Gasteiger partial charge in [0.2, 0.25) is 0 Å². The molecule has 1 unspecified atom stereocenters. The lowest BCUT2D eigenvalue weighted by atomic mass is 10.1. The number of H-pyrrole nitrogens is 1. The molecule has 0 aliphatic heterocycles. The number of hydrogen-bond acceptors (Lipinski definition) is 2. The van der Waals surface area contributed by atoms with Crippen molar-refractivity contribution in [3.63, 3.8) is 0 Å². The number of fused-ring (bicyclic) bond motifs is 1. The van der Waals surface area contributed by atoms with Gasteiger partial charge in [0.05, 0.1) is 5.52 Å². The number of carbonyl (C=O) groups is 1. The normalized spacial score (nSPS) is 12.9. The van der Waals surface area contributed by atoms with Crippen LogP contribution < -0.4 is 5.73 Å². The summed E-state index contributed by atoms with van der Waals surface area (Å²) in [6.07, 6.45) is 1.41. The quantitative estimate of drug-likeness (QED) is 0.791. The summed E-state index contributed by atoms with van der Waals surface area (Å²) in [7, 11) is 0. The average molecular weight is 287 g/mol. The molecule has 1 aromatic heterocycles. The number of nitrogens with one attached hydrogen (secondary N) is 1. The van der Waals surface area contributed by atoms with Crippen LogP contribution in [0.25, 0.3) is 10.9 Å². The van der Waals surface area contributed by atoms with Gasteiger partial charge in [-0.3, -0.25) is 4.79 Å². The first kappa shape index (κ1) is 11.1. The predicted molar refractivity (Wildman–Crippen MR) is 60.5 cm³/mol. The van der Waals surface area contributed by atoms with Crippen molar-refractivity contribution in [2.45, 2.75) is 6.04 Å². The van der Waals surface area contributed by atoms with Crippen molar-refractivity contribution in [2.75, 3.05) is 0 Å². The monoisotopic (exact) mass is 286 g/mol. The number of nitrogens with two attached hydrogens (primary N) is 1. The Kier molecular flexibility index (Phi) is 2.69. The number of rotatable bonds is 2. The zero-order valence-corrected chi connectivity index (χ0v) is 9.58. The molecule has 1 heterocycles. The molecule has 2 rings (SSSR count). The van der Waals surface area contributed by atoms with E-state index in [1.54, 1.807) is 0 Å². The molecule has 0 saturated carbocycles. The van der Waals surface area contributed by atoms with Crippen molar-refractivity contribution in [1.29, 1.82) is 0 Å². The summed E-state index contributed by atoms with van der Waals surface area (Å²) in [5.74, 6) is -1.60. The molecule has 0 amide bonds. The smallest absolute Gasteiger partial charge is 0.325 e. The van der Waals surface area contributed by atoms with Crippen molar-refractivity contribution >= 4 is 32.8 Å². The van der Waals surface area contributed by atoms with Crippen LogP contribution in [-0.4, -0.2) is 16.1 Å². The summed E-state index contributed by atoms with van der Waals surface area (Å²) in [5, 5.41) is 9.29. The van der Waals surface area contributed by atoms with Gasteiger partial charge < -0.3 is 15.8 Å². The summed E-state index contributed by atoms with van der Waals surface area (Å²) in [5.41, 5.74) is 6.11. The Morgan fingerprint density at radius 3 is 2.88 bits per heavy atom. The molecule has 0 saturated heterocycles. The highest BCUT2D eigenvalue weighted by molar-refractivity contribution is 9.10. The zero-order valence-electron chi connectivity index (χ0n) is 8.00. The summed E-state index contributed by atoms with van der Waals surface area (Å²) in [6, 6.07) is 1.63. The van der Waals surface area contributed by atoms with Crippen LogP contribution >= 0.6 is 15.9 Å². The molecule has 4 nitrogen and oxygen atoms in total. The maximum absolute atomic E-state index is 13.4. The van der Waals surface area contributed by atoms with Crippen LogP contribution in [0.5, 0.6) is 0 Å². The summed E-state index contributed by atoms with van der Waals surface area (Å²) >= 11 is 3.24. The number of aromatic amines is 1. The van der Waals surface area contributed by atoms with Gasteiger partial charge in [0.15, 0.2) is 0 Å². The maximum Gasteiger partial charge on any atom is 0.325 e. The Hall–Kier alpha value is -1.40. The van der Waals surface area contributed by atoms with E-state index >= 15 is 0 Å². The van der Waals surface area contributed by atoms with Gasteiger partial charge in [-0.15, -0.1) is 0 Å². The number of halogens is 2. The highest BCUT2D eigenvalue weighted by Gasteiger charge is 2.21. The summed E-state index contributed by atoms with van der Waals surface area (Å²) in [4.78, 5) is 13.5. The van der Waals surface area contributed by atoms with Crippen LogP contribution in [0, 0.1) is 5.82 Å². The molecule has 0 spiro atoms. The molecule has 4 N–H and O–H groups in total. The van der Waals surface area contributed by atoms with Crippen LogP contribution in [0.1, 0.15) is 11.6 Å². The first-order valence-corrected chi connectivity index (χ1v) is 5.25. The zero-order chi connectivity index (χ0) is 11.9. The third kappa shape index (κ3) is 1.60. The second kappa shape index (κ2) is 3.88. The highest BCUT2D eigenvalue weighted by atomic mass is 79.9. The molecule has 1 atom stereocenters. The number of hydrogen-bond donors (Lipinski definition) is 3. The SMILES string of the molecule is NC(C(=O)O)c1c[nH]c2c(F)ccc(Br)c12. The van der Waals surface area contributed by atoms with Gasteiger partial charge in [-0.05, 0) is 12.1 Å². The molecule has 0 aliphatic rings. The van der Waals surface area contributed by atoms with E-state index in [0.29, 0.717) is 15.4 Å². The lowest BCUT2D eigenvalue weighted by Crippen LogP contribution is -2.20. The van der Waals surface area contributed by atoms with E-state index in [4.69, 9.17) is 10.8 Å². The molecule has 0 bridgehead atoms. The Morgan fingerprint density at radius 1 is 1.56 bits per heavy atom. The molecule has 2 aromatic rings. The minimum absolute atomic E-state index is 0.251. The fraction of sp³-hybridized carbons (Fsp3) is 0.100. The summed E-state index contributed by atoms with van der Waals surface area (Å²) in [6.45, 7) is 0. The lowest BCUT2D eigenvalue weighted by Gasteiger charge is -2.05. The van der Waals surface area contributed by atoms with E-state index in [-0.39, 0.29) is 5.52 Å². The Balaban J connectivity index is 2.73. The van der Waals surface area contributed by atoms with Gasteiger partial charge in [0.25, 0.3) is 0 Å². The van der Waals surface area contributed by atoms with Crippen LogP contribution in [0.3, 0.4) is 0 Å². The minimum atomic E-state index is -1.17. The van der Waals surface area contributed by atoms with Crippen LogP contribution in [-0.2, 0) is 4.79 Å². The third-order valence-electron chi connectivity index (χ3n) is 2.37. The van der Waals surface area contributed by atoms with Gasteiger partial charge in [0.1, 0.15) is 11.9 Å². The number of carboxylic acids is 1. The highest BCUT2D eigenvalue weighted by Crippen LogP contribution is 2.31. The predicted octanol–water partition coefficient (Wildman–Crippen LogP) is 2.15. The fourth-order valence-electron chi connectivity index (χ4n) is 1.58. The number of benzene rings is 1. The van der Waals surface area contributed by atoms with Crippen molar-refractivity contribution in [1.82, 2.24) is 4.98 Å². The Bertz CT molecular complexity index is 567. The van der Waals surface area contributed by atoms with E-state index in [1.807, 2.05) is 0 Å². The molecular weight excluding hydrogens is 279 g/mol. The van der Waals surface area contributed by atoms with Gasteiger partial charge in [-0.1, -0.05) is 15.9 Å². The maximum atomic E-state index is 13.4. The van der Waals surface area contributed by atoms with Gasteiger partial charge in [0, 0.05) is 21.6 Å². The second-order valence-corrected chi connectivity index (χ2v) is 4.19. The van der Waals surface area contributed by atoms with E-state index in [0.717, 1.165) is 0 Å². The number of aliphatic carboxylic acids is 1. The van der Waals surface area contributed by atoms with Crippen LogP contribution in [0.2, 0.25) is 0 Å². The molecule has 0 aliphatic carbocycles. The molecule has 16 heavy (non-hydrogen) atoms. The second-order valence-electron chi connectivity index (χ2n) is 3.34. The molecule has 0 fully saturated rings. The minimum Gasteiger partial charge on any atom is -0.480 e. The molecule has 6 heteroatoms. The number of aromatic nitrogens is 1. The molecular formula is C10H8BrFN2O2. The topological polar surface area (TPSA) is 79.1 Å². The first-order chi connectivity index (χ1) is 7.52. The average Bonchev–Trinajstić information content (AvgIpc) is 2.67. The third-order valence-corrected chi connectivity index (χ3v) is 3.03. The standard InChI is InChI=1S/C10H8BrFN2O2/c11-5-1-2-6(12)9-7(5)4(3-14-9)8(13)10(15)16/h1-3,8,14H,13H2,(H,15,16). The van der Waals surface area contributed by atoms with Gasteiger partial charge in [-0.25, -0.2) is 4.39 Å². The van der Waals surface area contributed by atoms with Gasteiger partial charge >= 0.3 is 5.97 Å². The van der Waals surface area contributed by atoms with Crippen molar-refractivity contribution in [2.24, 2.45) is 5.73 Å². The van der Waals surface area contributed by atoms with E-state index in [9.17, 15) is 9.18 Å². The van der Waals surface area contributed by atoms with Gasteiger partial charge in [-0.2, -0.15) is 0 Å². The van der Waals surface area contributed by atoms with E-state index in [1.165, 1.54) is 18.3 Å². The number of carboxylic acid groups (broad SMARTS) is 1. The van der Waals surface area contributed by atoms with Crippen molar-refractivity contribution in [3.05, 3.63) is 34.2 Å². The Labute approximate surface area is 98.4 Å². The van der Waals surface area contributed by atoms with Crippen LogP contribution in [0.15, 0.2) is 22.8 Å². The van der Waals surface area contributed by atoms with Crippen LogP contribution in [0.4, 0.5) is 4.39 Å². The van der Waals surface area contributed by atoms with Crippen molar-refractivity contribution in [3.8, 4) is 0 Å². The molecule has 84 valence electrons. The van der Waals surface area contributed by atoms with Crippen molar-refractivity contribution < 1.29 is 14.3 Å². The fourth-order valence-corrected chi connectivity index (χ4v) is 2.13. The van der Waals surface area contributed by atoms with E-state index in [2.05, 4.69) is 20.9 Å². The molecule has 1 aromatic carbocycles. The van der Waals surface area contributed by atoms with E-state index < -0.39 is 17.8 Å². The lowest BCUT2D eigenvalue weighted by molar-refractivity contribution is -0.138. The molecule has 0 radical (unpaired) electrons. The summed E-state index contributed by atoms with van der Waals surface area (Å²) < 4.78 is 14.0.